The highest BCUT2D eigenvalue weighted by Crippen LogP contribution is 2.43. The standard InChI is InChI=1S/C24H22N2O7/c1-4-32-16-8-5-14(6-9-16)22(28)20-21(15-7-10-17(27)18(12-15)31-3)26(24(30)23(20)29)19-11-13(2)33-25-19/h5-12,21,27-28H,4H2,1-3H3/t21-/m0/s1. The number of ketones is 1. The fraction of sp³-hybridized carbons (Fsp3) is 0.208. The zero-order valence-corrected chi connectivity index (χ0v) is 18.2. The number of ether oxygens (including phenoxy) is 2. The molecule has 0 unspecified atom stereocenters. The Bertz CT molecular complexity index is 1240. The molecule has 2 aromatic carbocycles. The summed E-state index contributed by atoms with van der Waals surface area (Å²) in [6.07, 6.45) is 0. The number of carbonyl (C=O) groups excluding carboxylic acids is 2. The van der Waals surface area contributed by atoms with E-state index in [1.54, 1.807) is 37.3 Å². The van der Waals surface area contributed by atoms with Gasteiger partial charge in [-0.1, -0.05) is 11.2 Å². The maximum Gasteiger partial charge on any atom is 0.301 e. The summed E-state index contributed by atoms with van der Waals surface area (Å²) in [4.78, 5) is 27.3. The molecule has 170 valence electrons. The summed E-state index contributed by atoms with van der Waals surface area (Å²) < 4.78 is 15.7. The third kappa shape index (κ3) is 3.89. The highest BCUT2D eigenvalue weighted by molar-refractivity contribution is 6.51. The number of hydrogen-bond acceptors (Lipinski definition) is 8. The van der Waals surface area contributed by atoms with Gasteiger partial charge in [0, 0.05) is 11.6 Å². The molecule has 0 radical (unpaired) electrons. The lowest BCUT2D eigenvalue weighted by Gasteiger charge is -2.23. The van der Waals surface area contributed by atoms with E-state index in [0.29, 0.717) is 29.2 Å². The van der Waals surface area contributed by atoms with Crippen molar-refractivity contribution >= 4 is 23.3 Å². The highest BCUT2D eigenvalue weighted by Gasteiger charge is 2.48. The van der Waals surface area contributed by atoms with Crippen LogP contribution in [0.4, 0.5) is 5.82 Å². The number of amides is 1. The summed E-state index contributed by atoms with van der Waals surface area (Å²) in [7, 11) is 1.39. The van der Waals surface area contributed by atoms with Crippen LogP contribution in [0, 0.1) is 6.92 Å². The van der Waals surface area contributed by atoms with Gasteiger partial charge in [-0.25, -0.2) is 0 Å². The molecule has 0 spiro atoms. The second-order valence-corrected chi connectivity index (χ2v) is 7.35. The van der Waals surface area contributed by atoms with E-state index in [1.807, 2.05) is 6.92 Å². The van der Waals surface area contributed by atoms with Crippen molar-refractivity contribution in [2.24, 2.45) is 0 Å². The van der Waals surface area contributed by atoms with Crippen molar-refractivity contribution in [3.8, 4) is 17.2 Å². The number of methoxy groups -OCH3 is 1. The molecule has 2 heterocycles. The van der Waals surface area contributed by atoms with E-state index in [9.17, 15) is 19.8 Å². The minimum atomic E-state index is -1.03. The van der Waals surface area contributed by atoms with E-state index < -0.39 is 17.7 Å². The van der Waals surface area contributed by atoms with Gasteiger partial charge in [0.25, 0.3) is 5.78 Å². The first-order valence-electron chi connectivity index (χ1n) is 10.2. The van der Waals surface area contributed by atoms with E-state index in [1.165, 1.54) is 25.3 Å². The number of phenolic OH excluding ortho intramolecular Hbond substituents is 1. The van der Waals surface area contributed by atoms with Gasteiger partial charge >= 0.3 is 5.91 Å². The molecule has 0 bridgehead atoms. The Morgan fingerprint density at radius 3 is 2.48 bits per heavy atom. The van der Waals surface area contributed by atoms with E-state index in [-0.39, 0.29) is 28.6 Å². The van der Waals surface area contributed by atoms with Gasteiger partial charge in [0.15, 0.2) is 17.3 Å². The summed E-state index contributed by atoms with van der Waals surface area (Å²) in [5.74, 6) is -0.884. The number of aryl methyl sites for hydroxylation is 1. The van der Waals surface area contributed by atoms with Gasteiger partial charge < -0.3 is 24.2 Å². The van der Waals surface area contributed by atoms with Crippen molar-refractivity contribution in [2.75, 3.05) is 18.6 Å². The van der Waals surface area contributed by atoms with E-state index in [0.717, 1.165) is 4.90 Å². The monoisotopic (exact) mass is 450 g/mol. The van der Waals surface area contributed by atoms with Crippen molar-refractivity contribution in [1.29, 1.82) is 0 Å². The van der Waals surface area contributed by atoms with Crippen LogP contribution in [0.25, 0.3) is 5.76 Å². The molecule has 1 aliphatic heterocycles. The van der Waals surface area contributed by atoms with E-state index >= 15 is 0 Å². The Morgan fingerprint density at radius 1 is 1.15 bits per heavy atom. The first-order valence-corrected chi connectivity index (χ1v) is 10.2. The first-order chi connectivity index (χ1) is 15.8. The van der Waals surface area contributed by atoms with Gasteiger partial charge in [-0.05, 0) is 55.8 Å². The fourth-order valence-electron chi connectivity index (χ4n) is 3.75. The van der Waals surface area contributed by atoms with Crippen LogP contribution in [-0.2, 0) is 9.59 Å². The van der Waals surface area contributed by atoms with Crippen LogP contribution in [0.1, 0.15) is 29.9 Å². The molecule has 33 heavy (non-hydrogen) atoms. The summed E-state index contributed by atoms with van der Waals surface area (Å²) >= 11 is 0. The fourth-order valence-corrected chi connectivity index (χ4v) is 3.75. The number of aromatic hydroxyl groups is 1. The van der Waals surface area contributed by atoms with Gasteiger partial charge in [0.05, 0.1) is 25.3 Å². The normalized spacial score (nSPS) is 17.4. The number of nitrogens with zero attached hydrogens (tertiary/aromatic N) is 2. The number of Topliss-reactive ketones (excluding diaryl/α,β-unsaturated/α-hetero) is 1. The predicted molar refractivity (Wildman–Crippen MR) is 118 cm³/mol. The number of phenols is 1. The number of hydrogen-bond donors (Lipinski definition) is 2. The Hall–Kier alpha value is -4.27. The first kappa shape index (κ1) is 21.9. The average Bonchev–Trinajstić information content (AvgIpc) is 3.35. The second kappa shape index (κ2) is 8.70. The lowest BCUT2D eigenvalue weighted by molar-refractivity contribution is -0.132. The summed E-state index contributed by atoms with van der Waals surface area (Å²) in [5.41, 5.74) is 0.637. The lowest BCUT2D eigenvalue weighted by Crippen LogP contribution is -2.29. The molecule has 3 aromatic rings. The van der Waals surface area contributed by atoms with Crippen LogP contribution in [0.3, 0.4) is 0 Å². The van der Waals surface area contributed by atoms with Crippen molar-refractivity contribution in [3.63, 3.8) is 0 Å². The molecule has 1 amide bonds. The van der Waals surface area contributed by atoms with Crippen molar-refractivity contribution in [1.82, 2.24) is 5.16 Å². The largest absolute Gasteiger partial charge is 0.507 e. The van der Waals surface area contributed by atoms with Crippen LogP contribution in [0.5, 0.6) is 17.2 Å². The molecule has 1 atom stereocenters. The molecular weight excluding hydrogens is 428 g/mol. The quantitative estimate of drug-likeness (QED) is 0.331. The third-order valence-electron chi connectivity index (χ3n) is 5.27. The van der Waals surface area contributed by atoms with Crippen molar-refractivity contribution in [3.05, 3.63) is 71.0 Å². The zero-order valence-electron chi connectivity index (χ0n) is 18.2. The smallest absolute Gasteiger partial charge is 0.301 e. The molecule has 2 N–H and O–H groups in total. The molecule has 1 saturated heterocycles. The minimum Gasteiger partial charge on any atom is -0.507 e. The minimum absolute atomic E-state index is 0.109. The van der Waals surface area contributed by atoms with Crippen LogP contribution in [0.15, 0.2) is 58.6 Å². The van der Waals surface area contributed by atoms with E-state index in [2.05, 4.69) is 5.16 Å². The Balaban J connectivity index is 1.90. The van der Waals surface area contributed by atoms with Crippen LogP contribution in [-0.4, -0.2) is 40.8 Å². The topological polar surface area (TPSA) is 122 Å². The number of aromatic nitrogens is 1. The highest BCUT2D eigenvalue weighted by atomic mass is 16.5. The van der Waals surface area contributed by atoms with Crippen LogP contribution in [0.2, 0.25) is 0 Å². The molecule has 4 rings (SSSR count). The molecule has 1 fully saturated rings. The number of rotatable bonds is 6. The number of benzene rings is 2. The Kier molecular flexibility index (Phi) is 5.78. The Labute approximate surface area is 189 Å². The van der Waals surface area contributed by atoms with Gasteiger partial charge in [0.1, 0.15) is 17.3 Å². The van der Waals surface area contributed by atoms with Gasteiger partial charge in [-0.2, -0.15) is 0 Å². The number of aliphatic hydroxyl groups excluding tert-OH is 1. The second-order valence-electron chi connectivity index (χ2n) is 7.35. The van der Waals surface area contributed by atoms with Gasteiger partial charge in [0.2, 0.25) is 0 Å². The summed E-state index contributed by atoms with van der Waals surface area (Å²) in [6, 6.07) is 11.4. The summed E-state index contributed by atoms with van der Waals surface area (Å²) in [6.45, 7) is 3.99. The number of anilines is 1. The Morgan fingerprint density at radius 2 is 1.88 bits per heavy atom. The van der Waals surface area contributed by atoms with Crippen molar-refractivity contribution in [2.45, 2.75) is 19.9 Å². The summed E-state index contributed by atoms with van der Waals surface area (Å²) in [5, 5.41) is 25.0. The average molecular weight is 450 g/mol. The SMILES string of the molecule is CCOc1ccc(C(O)=C2C(=O)C(=O)N(c3cc(C)on3)[C@H]2c2ccc(O)c(OC)c2)cc1. The molecular formula is C24H22N2O7. The molecule has 0 aliphatic carbocycles. The molecule has 9 nitrogen and oxygen atoms in total. The molecule has 1 aliphatic rings. The maximum absolute atomic E-state index is 13.1. The molecule has 1 aromatic heterocycles. The van der Waals surface area contributed by atoms with Crippen LogP contribution >= 0.6 is 0 Å². The maximum atomic E-state index is 13.1. The van der Waals surface area contributed by atoms with Crippen molar-refractivity contribution < 1.29 is 33.8 Å². The zero-order chi connectivity index (χ0) is 23.7. The molecule has 9 heteroatoms. The van der Waals surface area contributed by atoms with Gasteiger partial charge in [-0.3, -0.25) is 14.5 Å². The molecule has 0 saturated carbocycles. The third-order valence-corrected chi connectivity index (χ3v) is 5.27. The predicted octanol–water partition coefficient (Wildman–Crippen LogP) is 3.72. The number of carbonyl (C=O) groups is 2. The van der Waals surface area contributed by atoms with Gasteiger partial charge in [-0.15, -0.1) is 0 Å². The number of aliphatic hydroxyl groups is 1. The lowest BCUT2D eigenvalue weighted by atomic mass is 9.95. The van der Waals surface area contributed by atoms with Crippen LogP contribution < -0.4 is 14.4 Å². The van der Waals surface area contributed by atoms with E-state index in [4.69, 9.17) is 14.0 Å².